The number of furan rings is 1. The molecule has 0 bridgehead atoms. The van der Waals surface area contributed by atoms with Gasteiger partial charge in [-0.1, -0.05) is 18.2 Å². The van der Waals surface area contributed by atoms with Gasteiger partial charge in [-0.15, -0.1) is 0 Å². The Morgan fingerprint density at radius 2 is 1.88 bits per heavy atom. The first-order valence-electron chi connectivity index (χ1n) is 10.4. The molecule has 1 aromatic carbocycles. The normalized spacial score (nSPS) is 15.3. The Morgan fingerprint density at radius 1 is 1.16 bits per heavy atom. The number of likely N-dealkylation sites (tertiary alicyclic amines) is 1. The highest BCUT2D eigenvalue weighted by Gasteiger charge is 2.37. The number of hydrogen-bond donors (Lipinski definition) is 1. The van der Waals surface area contributed by atoms with E-state index in [0.29, 0.717) is 25.1 Å². The Balaban J connectivity index is 1.49. The second kappa shape index (κ2) is 10.1. The van der Waals surface area contributed by atoms with Crippen LogP contribution >= 0.6 is 0 Å². The minimum absolute atomic E-state index is 0.149. The topological polar surface area (TPSA) is 109 Å². The molecule has 0 saturated carbocycles. The fourth-order valence-electron chi connectivity index (χ4n) is 3.63. The van der Waals surface area contributed by atoms with Crippen molar-refractivity contribution in [3.05, 3.63) is 53.5 Å². The molecule has 9 nitrogen and oxygen atoms in total. The van der Waals surface area contributed by atoms with Gasteiger partial charge in [-0.2, -0.15) is 0 Å². The molecule has 1 aliphatic rings. The molecular weight excluding hydrogens is 414 g/mol. The lowest BCUT2D eigenvalue weighted by Crippen LogP contribution is -2.43. The molecule has 1 atom stereocenters. The molecule has 9 heteroatoms. The van der Waals surface area contributed by atoms with Crippen molar-refractivity contribution in [2.75, 3.05) is 32.1 Å². The average Bonchev–Trinajstić information content (AvgIpc) is 3.46. The minimum Gasteiger partial charge on any atom is -0.459 e. The highest BCUT2D eigenvalue weighted by molar-refractivity contribution is 5.97. The second-order valence-corrected chi connectivity index (χ2v) is 7.81. The number of benzene rings is 1. The molecule has 2 heterocycles. The van der Waals surface area contributed by atoms with Crippen LogP contribution in [-0.2, 0) is 19.1 Å². The van der Waals surface area contributed by atoms with Gasteiger partial charge in [0.25, 0.3) is 11.8 Å². The Morgan fingerprint density at radius 3 is 2.53 bits per heavy atom. The zero-order valence-corrected chi connectivity index (χ0v) is 18.4. The van der Waals surface area contributed by atoms with Gasteiger partial charge in [0.1, 0.15) is 6.04 Å². The molecule has 1 aliphatic heterocycles. The lowest BCUT2D eigenvalue weighted by molar-refractivity contribution is -0.155. The highest BCUT2D eigenvalue weighted by Crippen LogP contribution is 2.22. The van der Waals surface area contributed by atoms with E-state index in [1.807, 2.05) is 32.0 Å². The summed E-state index contributed by atoms with van der Waals surface area (Å²) >= 11 is 0. The van der Waals surface area contributed by atoms with Crippen molar-refractivity contribution in [1.82, 2.24) is 9.80 Å². The summed E-state index contributed by atoms with van der Waals surface area (Å²) in [6.07, 6.45) is 2.49. The molecule has 1 N–H and O–H groups in total. The molecule has 0 radical (unpaired) electrons. The fraction of sp³-hybridized carbons (Fsp3) is 0.391. The number of ether oxygens (including phenoxy) is 1. The maximum Gasteiger partial charge on any atom is 0.329 e. The van der Waals surface area contributed by atoms with Crippen molar-refractivity contribution >= 4 is 29.4 Å². The quantitative estimate of drug-likeness (QED) is 0.660. The number of likely N-dealkylation sites (N-methyl/N-ethyl adjacent to an activating group) is 1. The summed E-state index contributed by atoms with van der Waals surface area (Å²) in [6.45, 7) is 3.49. The van der Waals surface area contributed by atoms with Crippen LogP contribution in [0.15, 0.2) is 41.0 Å². The van der Waals surface area contributed by atoms with Gasteiger partial charge >= 0.3 is 5.97 Å². The van der Waals surface area contributed by atoms with Crippen LogP contribution in [0.1, 0.15) is 34.5 Å². The van der Waals surface area contributed by atoms with Gasteiger partial charge in [-0.3, -0.25) is 14.4 Å². The molecule has 0 spiro atoms. The van der Waals surface area contributed by atoms with Crippen molar-refractivity contribution in [2.24, 2.45) is 0 Å². The average molecular weight is 441 g/mol. The van der Waals surface area contributed by atoms with Gasteiger partial charge in [-0.25, -0.2) is 4.79 Å². The summed E-state index contributed by atoms with van der Waals surface area (Å²) in [5.74, 6) is -1.76. The van der Waals surface area contributed by atoms with E-state index in [2.05, 4.69) is 5.32 Å². The summed E-state index contributed by atoms with van der Waals surface area (Å²) in [4.78, 5) is 52.3. The number of esters is 1. The Bertz CT molecular complexity index is 981. The van der Waals surface area contributed by atoms with E-state index in [1.165, 1.54) is 29.2 Å². The summed E-state index contributed by atoms with van der Waals surface area (Å²) in [6, 6.07) is 8.04. The van der Waals surface area contributed by atoms with E-state index in [-0.39, 0.29) is 24.1 Å². The van der Waals surface area contributed by atoms with Crippen molar-refractivity contribution in [3.63, 3.8) is 0 Å². The largest absolute Gasteiger partial charge is 0.459 e. The van der Waals surface area contributed by atoms with Gasteiger partial charge in [0, 0.05) is 19.3 Å². The molecule has 0 unspecified atom stereocenters. The number of carbonyl (C=O) groups excluding carboxylic acids is 4. The molecule has 3 amide bonds. The predicted molar refractivity (Wildman–Crippen MR) is 116 cm³/mol. The van der Waals surface area contributed by atoms with Crippen LogP contribution in [0.25, 0.3) is 0 Å². The smallest absolute Gasteiger partial charge is 0.329 e. The Labute approximate surface area is 186 Å². The monoisotopic (exact) mass is 441 g/mol. The van der Waals surface area contributed by atoms with Crippen molar-refractivity contribution in [1.29, 1.82) is 0 Å². The SMILES string of the molecule is Cc1cccc(C)c1NC(=O)CN(C)C(=O)COC(=O)[C@@H]1CCCN1C(=O)c1ccco1. The van der Waals surface area contributed by atoms with Crippen LogP contribution < -0.4 is 5.32 Å². The number of hydrogen-bond acceptors (Lipinski definition) is 6. The van der Waals surface area contributed by atoms with Crippen LogP contribution in [0.3, 0.4) is 0 Å². The lowest BCUT2D eigenvalue weighted by Gasteiger charge is -2.23. The zero-order valence-electron chi connectivity index (χ0n) is 18.4. The maximum atomic E-state index is 12.5. The maximum absolute atomic E-state index is 12.5. The third-order valence-electron chi connectivity index (χ3n) is 5.41. The van der Waals surface area contributed by atoms with Gasteiger partial charge in [0.05, 0.1) is 12.8 Å². The standard InChI is InChI=1S/C23H27N3O6/c1-15-7-4-8-16(2)21(15)24-19(27)13-25(3)20(28)14-32-23(30)17-9-5-11-26(17)22(29)18-10-6-12-31-18/h4,6-8,10,12,17H,5,9,11,13-14H2,1-3H3,(H,24,27)/t17-/m0/s1. The van der Waals surface area contributed by atoms with Crippen LogP contribution in [0.2, 0.25) is 0 Å². The number of aryl methyl sites for hydroxylation is 2. The lowest BCUT2D eigenvalue weighted by atomic mass is 10.1. The van der Waals surface area contributed by atoms with E-state index in [4.69, 9.17) is 9.15 Å². The van der Waals surface area contributed by atoms with Gasteiger partial charge in [0.15, 0.2) is 12.4 Å². The number of rotatable bonds is 7. The fourth-order valence-corrected chi connectivity index (χ4v) is 3.63. The van der Waals surface area contributed by atoms with Crippen LogP contribution in [0.5, 0.6) is 0 Å². The van der Waals surface area contributed by atoms with Gasteiger partial charge in [-0.05, 0) is 49.9 Å². The molecule has 2 aromatic rings. The molecule has 1 saturated heterocycles. The van der Waals surface area contributed by atoms with E-state index >= 15 is 0 Å². The van der Waals surface area contributed by atoms with Gasteiger partial charge in [0.2, 0.25) is 5.91 Å². The Kier molecular flexibility index (Phi) is 7.29. The van der Waals surface area contributed by atoms with Crippen LogP contribution in [0.4, 0.5) is 5.69 Å². The molecule has 0 aliphatic carbocycles. The first-order valence-corrected chi connectivity index (χ1v) is 10.4. The molecule has 170 valence electrons. The minimum atomic E-state index is -0.766. The van der Waals surface area contributed by atoms with Crippen LogP contribution in [0, 0.1) is 13.8 Å². The zero-order chi connectivity index (χ0) is 23.3. The number of carbonyl (C=O) groups is 4. The number of nitrogens with one attached hydrogen (secondary N) is 1. The number of para-hydroxylation sites is 1. The van der Waals surface area contributed by atoms with E-state index in [9.17, 15) is 19.2 Å². The molecule has 32 heavy (non-hydrogen) atoms. The van der Waals surface area contributed by atoms with Crippen molar-refractivity contribution in [2.45, 2.75) is 32.7 Å². The third-order valence-corrected chi connectivity index (χ3v) is 5.41. The highest BCUT2D eigenvalue weighted by atomic mass is 16.5. The van der Waals surface area contributed by atoms with Gasteiger partial charge < -0.3 is 24.3 Å². The second-order valence-electron chi connectivity index (χ2n) is 7.81. The van der Waals surface area contributed by atoms with E-state index < -0.39 is 24.5 Å². The third kappa shape index (κ3) is 5.35. The summed E-state index contributed by atoms with van der Waals surface area (Å²) in [5, 5.41) is 2.81. The molecular formula is C23H27N3O6. The Hall–Kier alpha value is -3.62. The predicted octanol–water partition coefficient (Wildman–Crippen LogP) is 2.14. The summed E-state index contributed by atoms with van der Waals surface area (Å²) in [7, 11) is 1.46. The summed E-state index contributed by atoms with van der Waals surface area (Å²) in [5.41, 5.74) is 2.56. The first-order chi connectivity index (χ1) is 15.3. The summed E-state index contributed by atoms with van der Waals surface area (Å²) < 4.78 is 10.3. The number of anilines is 1. The van der Waals surface area contributed by atoms with E-state index in [0.717, 1.165) is 11.1 Å². The van der Waals surface area contributed by atoms with Crippen LogP contribution in [-0.4, -0.2) is 66.3 Å². The molecule has 1 fully saturated rings. The van der Waals surface area contributed by atoms with Crippen molar-refractivity contribution < 1.29 is 28.3 Å². The molecule has 3 rings (SSSR count). The first kappa shape index (κ1) is 23.1. The number of amides is 3. The van der Waals surface area contributed by atoms with Crippen molar-refractivity contribution in [3.8, 4) is 0 Å². The number of nitrogens with zero attached hydrogens (tertiary/aromatic N) is 2. The molecule has 1 aromatic heterocycles. The van der Waals surface area contributed by atoms with E-state index in [1.54, 1.807) is 6.07 Å².